The number of aromatic nitrogens is 2. The lowest BCUT2D eigenvalue weighted by atomic mass is 10.0. The van der Waals surface area contributed by atoms with Gasteiger partial charge >= 0.3 is 0 Å². The minimum atomic E-state index is 0.802. The van der Waals surface area contributed by atoms with Crippen LogP contribution in [0, 0.1) is 6.92 Å². The van der Waals surface area contributed by atoms with E-state index in [1.54, 1.807) is 0 Å². The third-order valence-corrected chi connectivity index (χ3v) is 3.66. The lowest BCUT2D eigenvalue weighted by Gasteiger charge is -2.13. The molecule has 1 aliphatic heterocycles. The Kier molecular flexibility index (Phi) is 2.65. The summed E-state index contributed by atoms with van der Waals surface area (Å²) in [4.78, 5) is 0. The molecule has 17 heavy (non-hydrogen) atoms. The van der Waals surface area contributed by atoms with Crippen LogP contribution < -0.4 is 5.32 Å². The summed E-state index contributed by atoms with van der Waals surface area (Å²) in [5.74, 6) is 0. The number of fused-ring (bicyclic) bond motifs is 1. The normalized spacial score (nSPS) is 14.7. The Bertz CT molecular complexity index is 560. The van der Waals surface area contributed by atoms with Gasteiger partial charge in [0.2, 0.25) is 0 Å². The summed E-state index contributed by atoms with van der Waals surface area (Å²) in [7, 11) is 0. The molecule has 0 bridgehead atoms. The monoisotopic (exact) mass is 247 g/mol. The molecule has 2 heterocycles. The van der Waals surface area contributed by atoms with Crippen LogP contribution in [0.15, 0.2) is 18.2 Å². The summed E-state index contributed by atoms with van der Waals surface area (Å²) in [6, 6.07) is 6.05. The number of rotatable bonds is 1. The molecule has 0 aliphatic carbocycles. The zero-order chi connectivity index (χ0) is 11.8. The molecule has 0 radical (unpaired) electrons. The molecule has 0 spiro atoms. The first kappa shape index (κ1) is 10.8. The fourth-order valence-corrected chi connectivity index (χ4v) is 2.37. The molecule has 1 aliphatic rings. The number of aryl methyl sites for hydroxylation is 1. The van der Waals surface area contributed by atoms with E-state index in [1.165, 1.54) is 11.3 Å². The van der Waals surface area contributed by atoms with Crippen LogP contribution in [-0.2, 0) is 13.0 Å². The summed E-state index contributed by atoms with van der Waals surface area (Å²) >= 11 is 6.04. The molecule has 1 aromatic carbocycles. The Morgan fingerprint density at radius 3 is 3.06 bits per heavy atom. The van der Waals surface area contributed by atoms with E-state index in [0.29, 0.717) is 0 Å². The first-order valence-corrected chi connectivity index (χ1v) is 6.17. The van der Waals surface area contributed by atoms with Gasteiger partial charge in [0.1, 0.15) is 0 Å². The number of nitrogens with zero attached hydrogens (tertiary/aromatic N) is 1. The summed E-state index contributed by atoms with van der Waals surface area (Å²) in [5, 5.41) is 11.7. The Hall–Kier alpha value is -1.32. The molecule has 4 heteroatoms. The van der Waals surface area contributed by atoms with Crippen molar-refractivity contribution in [1.29, 1.82) is 0 Å². The van der Waals surface area contributed by atoms with E-state index < -0.39 is 0 Å². The smallest absolute Gasteiger partial charge is 0.0968 e. The summed E-state index contributed by atoms with van der Waals surface area (Å²) in [6.07, 6.45) is 1.02. The molecule has 0 atom stereocenters. The molecule has 3 nitrogen and oxygen atoms in total. The number of hydrogen-bond donors (Lipinski definition) is 2. The van der Waals surface area contributed by atoms with Crippen molar-refractivity contribution in [1.82, 2.24) is 15.5 Å². The van der Waals surface area contributed by atoms with Crippen molar-refractivity contribution < 1.29 is 0 Å². The van der Waals surface area contributed by atoms with E-state index in [-0.39, 0.29) is 0 Å². The van der Waals surface area contributed by atoms with E-state index in [9.17, 15) is 0 Å². The van der Waals surface area contributed by atoms with E-state index in [1.807, 2.05) is 19.1 Å². The molecule has 0 fully saturated rings. The average molecular weight is 248 g/mol. The molecule has 2 aromatic rings. The van der Waals surface area contributed by atoms with Gasteiger partial charge in [-0.25, -0.2) is 0 Å². The molecule has 0 saturated carbocycles. The van der Waals surface area contributed by atoms with Crippen molar-refractivity contribution >= 4 is 11.6 Å². The topological polar surface area (TPSA) is 40.7 Å². The van der Waals surface area contributed by atoms with Gasteiger partial charge in [-0.2, -0.15) is 5.10 Å². The zero-order valence-electron chi connectivity index (χ0n) is 9.68. The van der Waals surface area contributed by atoms with Crippen molar-refractivity contribution in [3.05, 3.63) is 40.0 Å². The zero-order valence-corrected chi connectivity index (χ0v) is 10.4. The maximum atomic E-state index is 6.04. The Morgan fingerprint density at radius 1 is 1.35 bits per heavy atom. The lowest BCUT2D eigenvalue weighted by molar-refractivity contribution is 0.637. The van der Waals surface area contributed by atoms with Crippen LogP contribution in [0.2, 0.25) is 5.02 Å². The van der Waals surface area contributed by atoms with E-state index in [2.05, 4.69) is 21.6 Å². The van der Waals surface area contributed by atoms with Crippen LogP contribution in [0.1, 0.15) is 16.8 Å². The van der Waals surface area contributed by atoms with Crippen LogP contribution in [0.3, 0.4) is 0 Å². The number of halogens is 1. The summed E-state index contributed by atoms with van der Waals surface area (Å²) in [6.45, 7) is 3.93. The van der Waals surface area contributed by atoms with Crippen LogP contribution in [0.5, 0.6) is 0 Å². The lowest BCUT2D eigenvalue weighted by Crippen LogP contribution is -2.23. The van der Waals surface area contributed by atoms with Crippen LogP contribution in [-0.4, -0.2) is 16.7 Å². The molecule has 3 rings (SSSR count). The second-order valence-electron chi connectivity index (χ2n) is 4.42. The minimum Gasteiger partial charge on any atom is -0.312 e. The predicted octanol–water partition coefficient (Wildman–Crippen LogP) is 2.68. The van der Waals surface area contributed by atoms with Crippen LogP contribution in [0.25, 0.3) is 11.3 Å². The maximum absolute atomic E-state index is 6.04. The molecule has 0 saturated heterocycles. The number of nitrogens with one attached hydrogen (secondary N) is 2. The second-order valence-corrected chi connectivity index (χ2v) is 4.83. The molecule has 2 N–H and O–H groups in total. The molecule has 0 unspecified atom stereocenters. The first-order valence-electron chi connectivity index (χ1n) is 5.79. The quantitative estimate of drug-likeness (QED) is 0.814. The van der Waals surface area contributed by atoms with Gasteiger partial charge in [-0.3, -0.25) is 5.10 Å². The fraction of sp³-hybridized carbons (Fsp3) is 0.308. The number of H-pyrrole nitrogens is 1. The highest BCUT2D eigenvalue weighted by molar-refractivity contribution is 6.31. The molecule has 0 amide bonds. The SMILES string of the molecule is Cc1cc(-c2n[nH]c3c2CNCC3)ccc1Cl. The Labute approximate surface area is 105 Å². The van der Waals surface area contributed by atoms with Crippen molar-refractivity contribution in [3.63, 3.8) is 0 Å². The minimum absolute atomic E-state index is 0.802. The third-order valence-electron chi connectivity index (χ3n) is 3.24. The van der Waals surface area contributed by atoms with Crippen molar-refractivity contribution in [2.75, 3.05) is 6.54 Å². The van der Waals surface area contributed by atoms with E-state index >= 15 is 0 Å². The predicted molar refractivity (Wildman–Crippen MR) is 69.2 cm³/mol. The summed E-state index contributed by atoms with van der Waals surface area (Å²) < 4.78 is 0. The van der Waals surface area contributed by atoms with E-state index in [0.717, 1.165) is 41.4 Å². The molecule has 1 aromatic heterocycles. The third kappa shape index (κ3) is 1.85. The molecular formula is C13H14ClN3. The van der Waals surface area contributed by atoms with Gasteiger partial charge in [-0.05, 0) is 24.6 Å². The standard InChI is InChI=1S/C13H14ClN3/c1-8-6-9(2-3-11(8)14)13-10-7-15-5-4-12(10)16-17-13/h2-3,6,15H,4-5,7H2,1H3,(H,16,17). The molecule has 88 valence electrons. The van der Waals surface area contributed by atoms with Gasteiger partial charge in [0, 0.05) is 41.4 Å². The number of hydrogen-bond acceptors (Lipinski definition) is 2. The van der Waals surface area contributed by atoms with Crippen LogP contribution >= 0.6 is 11.6 Å². The maximum Gasteiger partial charge on any atom is 0.0968 e. The van der Waals surface area contributed by atoms with Gasteiger partial charge in [0.05, 0.1) is 5.69 Å². The highest BCUT2D eigenvalue weighted by atomic mass is 35.5. The van der Waals surface area contributed by atoms with Crippen LogP contribution in [0.4, 0.5) is 0 Å². The number of benzene rings is 1. The van der Waals surface area contributed by atoms with Crippen molar-refractivity contribution in [2.45, 2.75) is 19.9 Å². The van der Waals surface area contributed by atoms with Gasteiger partial charge in [0.25, 0.3) is 0 Å². The van der Waals surface area contributed by atoms with Crippen molar-refractivity contribution in [2.24, 2.45) is 0 Å². The van der Waals surface area contributed by atoms with E-state index in [4.69, 9.17) is 11.6 Å². The average Bonchev–Trinajstić information content (AvgIpc) is 2.76. The highest BCUT2D eigenvalue weighted by Crippen LogP contribution is 2.28. The number of aromatic amines is 1. The van der Waals surface area contributed by atoms with Gasteiger partial charge in [0.15, 0.2) is 0 Å². The Balaban J connectivity index is 2.09. The summed E-state index contributed by atoms with van der Waals surface area (Å²) in [5.41, 5.74) is 5.81. The fourth-order valence-electron chi connectivity index (χ4n) is 2.26. The first-order chi connectivity index (χ1) is 8.25. The largest absolute Gasteiger partial charge is 0.312 e. The van der Waals surface area contributed by atoms with Crippen molar-refractivity contribution in [3.8, 4) is 11.3 Å². The second kappa shape index (κ2) is 4.17. The molecular weight excluding hydrogens is 234 g/mol. The van der Waals surface area contributed by atoms with Gasteiger partial charge < -0.3 is 5.32 Å². The highest BCUT2D eigenvalue weighted by Gasteiger charge is 2.17. The van der Waals surface area contributed by atoms with Gasteiger partial charge in [-0.15, -0.1) is 0 Å². The van der Waals surface area contributed by atoms with Gasteiger partial charge in [-0.1, -0.05) is 17.7 Å². The Morgan fingerprint density at radius 2 is 2.24 bits per heavy atom.